The number of amides is 1. The molecule has 1 heterocycles. The summed E-state index contributed by atoms with van der Waals surface area (Å²) in [5.74, 6) is -0.0839. The van der Waals surface area contributed by atoms with Crippen molar-refractivity contribution in [3.8, 4) is 6.07 Å². The molecular formula is C17H20N2O3S. The number of nitriles is 1. The molecule has 1 aromatic rings. The van der Waals surface area contributed by atoms with E-state index in [1.807, 2.05) is 30.3 Å². The van der Waals surface area contributed by atoms with E-state index in [0.717, 1.165) is 5.56 Å². The highest BCUT2D eigenvalue weighted by Gasteiger charge is 2.29. The van der Waals surface area contributed by atoms with E-state index in [-0.39, 0.29) is 17.1 Å². The fourth-order valence-electron chi connectivity index (χ4n) is 2.46. The summed E-state index contributed by atoms with van der Waals surface area (Å²) in [4.78, 5) is 12.1. The van der Waals surface area contributed by atoms with Crippen molar-refractivity contribution in [1.82, 2.24) is 5.32 Å². The van der Waals surface area contributed by atoms with Gasteiger partial charge in [0, 0.05) is 6.04 Å². The topological polar surface area (TPSA) is 87.0 Å². The van der Waals surface area contributed by atoms with Gasteiger partial charge in [0.2, 0.25) is 0 Å². The van der Waals surface area contributed by atoms with E-state index < -0.39 is 21.8 Å². The summed E-state index contributed by atoms with van der Waals surface area (Å²) in [6.45, 7) is 4.18. The van der Waals surface area contributed by atoms with Crippen molar-refractivity contribution in [1.29, 1.82) is 5.26 Å². The van der Waals surface area contributed by atoms with Crippen LogP contribution in [-0.4, -0.2) is 31.9 Å². The molecular weight excluding hydrogens is 312 g/mol. The summed E-state index contributed by atoms with van der Waals surface area (Å²) < 4.78 is 22.8. The number of carbonyl (C=O) groups is 1. The number of rotatable bonds is 4. The molecule has 1 aromatic carbocycles. The molecule has 1 amide bonds. The van der Waals surface area contributed by atoms with Crippen LogP contribution >= 0.6 is 0 Å². The van der Waals surface area contributed by atoms with E-state index in [9.17, 15) is 18.5 Å². The van der Waals surface area contributed by atoms with Gasteiger partial charge in [0.1, 0.15) is 11.6 Å². The molecule has 1 aliphatic rings. The number of hydrogen-bond donors (Lipinski definition) is 1. The van der Waals surface area contributed by atoms with Gasteiger partial charge in [-0.1, -0.05) is 38.1 Å². The standard InChI is InChI=1S/C17H20N2O3S/c1-12(2)14-5-3-13(4-6-14)9-15(10-18)17(20)19-16-7-8-23(21,22)11-16/h3-6,9,12,16H,7-8,11H2,1-2H3,(H,19,20)/b15-9+/t16-/m0/s1. The number of hydrogen-bond acceptors (Lipinski definition) is 4. The van der Waals surface area contributed by atoms with Gasteiger partial charge >= 0.3 is 0 Å². The molecule has 0 aliphatic carbocycles. The Morgan fingerprint density at radius 3 is 2.48 bits per heavy atom. The Morgan fingerprint density at radius 2 is 2.00 bits per heavy atom. The van der Waals surface area contributed by atoms with E-state index in [1.54, 1.807) is 0 Å². The number of sulfone groups is 1. The van der Waals surface area contributed by atoms with Crippen LogP contribution in [0.25, 0.3) is 6.08 Å². The first-order valence-electron chi connectivity index (χ1n) is 7.54. The molecule has 1 saturated heterocycles. The summed E-state index contributed by atoms with van der Waals surface area (Å²) in [7, 11) is -3.06. The first-order chi connectivity index (χ1) is 10.8. The minimum absolute atomic E-state index is 0.0217. The van der Waals surface area contributed by atoms with Crippen LogP contribution in [0.15, 0.2) is 29.8 Å². The van der Waals surface area contributed by atoms with Crippen LogP contribution in [0.5, 0.6) is 0 Å². The van der Waals surface area contributed by atoms with Gasteiger partial charge < -0.3 is 5.32 Å². The lowest BCUT2D eigenvalue weighted by atomic mass is 10.0. The zero-order valence-electron chi connectivity index (χ0n) is 13.2. The third-order valence-corrected chi connectivity index (χ3v) is 5.61. The van der Waals surface area contributed by atoms with E-state index in [1.165, 1.54) is 11.6 Å². The Hall–Kier alpha value is -2.13. The number of carbonyl (C=O) groups excluding carboxylic acids is 1. The first-order valence-corrected chi connectivity index (χ1v) is 9.36. The lowest BCUT2D eigenvalue weighted by Gasteiger charge is -2.10. The van der Waals surface area contributed by atoms with Crippen LogP contribution < -0.4 is 5.32 Å². The zero-order chi connectivity index (χ0) is 17.0. The van der Waals surface area contributed by atoms with Gasteiger partial charge in [-0.15, -0.1) is 0 Å². The third kappa shape index (κ3) is 4.67. The normalized spacial score (nSPS) is 20.3. The molecule has 122 valence electrons. The highest BCUT2D eigenvalue weighted by Crippen LogP contribution is 2.17. The Bertz CT molecular complexity index is 756. The molecule has 1 aliphatic heterocycles. The maximum Gasteiger partial charge on any atom is 0.262 e. The molecule has 0 bridgehead atoms. The molecule has 1 atom stereocenters. The Labute approximate surface area is 136 Å². The average molecular weight is 332 g/mol. The second-order valence-electron chi connectivity index (χ2n) is 6.06. The Balaban J connectivity index is 2.09. The van der Waals surface area contributed by atoms with Crippen molar-refractivity contribution in [3.05, 3.63) is 41.0 Å². The highest BCUT2D eigenvalue weighted by atomic mass is 32.2. The first kappa shape index (κ1) is 17.2. The van der Waals surface area contributed by atoms with E-state index >= 15 is 0 Å². The van der Waals surface area contributed by atoms with Crippen LogP contribution in [0.3, 0.4) is 0 Å². The fourth-order valence-corrected chi connectivity index (χ4v) is 4.14. The number of nitrogens with one attached hydrogen (secondary N) is 1. The summed E-state index contributed by atoms with van der Waals surface area (Å²) in [6, 6.07) is 9.12. The van der Waals surface area contributed by atoms with Crippen molar-refractivity contribution in [2.45, 2.75) is 32.2 Å². The summed E-state index contributed by atoms with van der Waals surface area (Å²) in [5.41, 5.74) is 1.92. The lowest BCUT2D eigenvalue weighted by molar-refractivity contribution is -0.117. The van der Waals surface area contributed by atoms with Crippen molar-refractivity contribution >= 4 is 21.8 Å². The van der Waals surface area contributed by atoms with Crippen LogP contribution in [0.2, 0.25) is 0 Å². The van der Waals surface area contributed by atoms with Crippen molar-refractivity contribution in [3.63, 3.8) is 0 Å². The summed E-state index contributed by atoms with van der Waals surface area (Å²) in [6.07, 6.45) is 1.92. The molecule has 1 fully saturated rings. The maximum atomic E-state index is 12.1. The molecule has 0 aromatic heterocycles. The molecule has 23 heavy (non-hydrogen) atoms. The predicted molar refractivity (Wildman–Crippen MR) is 89.3 cm³/mol. The average Bonchev–Trinajstić information content (AvgIpc) is 2.83. The monoisotopic (exact) mass is 332 g/mol. The molecule has 6 heteroatoms. The SMILES string of the molecule is CC(C)c1ccc(/C=C(\C#N)C(=O)N[C@H]2CCS(=O)(=O)C2)cc1. The largest absolute Gasteiger partial charge is 0.348 e. The number of benzene rings is 1. The Morgan fingerprint density at radius 1 is 1.35 bits per heavy atom. The van der Waals surface area contributed by atoms with Gasteiger partial charge in [0.05, 0.1) is 11.5 Å². The van der Waals surface area contributed by atoms with Gasteiger partial charge in [0.15, 0.2) is 9.84 Å². The second-order valence-corrected chi connectivity index (χ2v) is 8.29. The maximum absolute atomic E-state index is 12.1. The van der Waals surface area contributed by atoms with Crippen molar-refractivity contribution < 1.29 is 13.2 Å². The van der Waals surface area contributed by atoms with Gasteiger partial charge in [-0.2, -0.15) is 5.26 Å². The Kier molecular flexibility index (Phi) is 5.22. The van der Waals surface area contributed by atoms with E-state index in [4.69, 9.17) is 0 Å². The smallest absolute Gasteiger partial charge is 0.262 e. The number of nitrogens with zero attached hydrogens (tertiary/aromatic N) is 1. The fraction of sp³-hybridized carbons (Fsp3) is 0.412. The molecule has 5 nitrogen and oxygen atoms in total. The van der Waals surface area contributed by atoms with Crippen LogP contribution in [0.4, 0.5) is 0 Å². The van der Waals surface area contributed by atoms with Crippen LogP contribution in [-0.2, 0) is 14.6 Å². The van der Waals surface area contributed by atoms with Gasteiger partial charge in [-0.25, -0.2) is 8.42 Å². The van der Waals surface area contributed by atoms with Gasteiger partial charge in [0.25, 0.3) is 5.91 Å². The summed E-state index contributed by atoms with van der Waals surface area (Å²) in [5, 5.41) is 11.8. The third-order valence-electron chi connectivity index (χ3n) is 3.85. The molecule has 0 radical (unpaired) electrons. The zero-order valence-corrected chi connectivity index (χ0v) is 14.1. The minimum Gasteiger partial charge on any atom is -0.348 e. The minimum atomic E-state index is -3.06. The molecule has 1 N–H and O–H groups in total. The molecule has 2 rings (SSSR count). The molecule has 0 spiro atoms. The van der Waals surface area contributed by atoms with Crippen LogP contribution in [0.1, 0.15) is 37.3 Å². The molecule has 0 saturated carbocycles. The summed E-state index contributed by atoms with van der Waals surface area (Å²) >= 11 is 0. The van der Waals surface area contributed by atoms with Gasteiger partial charge in [-0.05, 0) is 29.5 Å². The van der Waals surface area contributed by atoms with Crippen molar-refractivity contribution in [2.75, 3.05) is 11.5 Å². The van der Waals surface area contributed by atoms with E-state index in [2.05, 4.69) is 19.2 Å². The van der Waals surface area contributed by atoms with Gasteiger partial charge in [-0.3, -0.25) is 4.79 Å². The lowest BCUT2D eigenvalue weighted by Crippen LogP contribution is -2.36. The predicted octanol–water partition coefficient (Wildman–Crippen LogP) is 2.02. The quantitative estimate of drug-likeness (QED) is 0.675. The van der Waals surface area contributed by atoms with E-state index in [0.29, 0.717) is 12.3 Å². The van der Waals surface area contributed by atoms with Crippen LogP contribution in [0, 0.1) is 11.3 Å². The van der Waals surface area contributed by atoms with Crippen molar-refractivity contribution in [2.24, 2.45) is 0 Å². The highest BCUT2D eigenvalue weighted by molar-refractivity contribution is 7.91. The molecule has 0 unspecified atom stereocenters. The second kappa shape index (κ2) is 6.97.